The Morgan fingerprint density at radius 2 is 2.29 bits per heavy atom. The molecule has 5 heteroatoms. The lowest BCUT2D eigenvalue weighted by molar-refractivity contribution is 0.815. The van der Waals surface area contributed by atoms with E-state index in [1.807, 2.05) is 0 Å². The smallest absolute Gasteiger partial charge is 0.141 e. The van der Waals surface area contributed by atoms with Gasteiger partial charge in [-0.1, -0.05) is 0 Å². The highest BCUT2D eigenvalue weighted by Gasteiger charge is 2.30. The molecule has 17 heavy (non-hydrogen) atoms. The number of hydrogen-bond acceptors (Lipinski definition) is 4. The molecule has 0 saturated heterocycles. The molecular weight excluding hydrogens is 254 g/mol. The summed E-state index contributed by atoms with van der Waals surface area (Å²) in [7, 11) is 0. The summed E-state index contributed by atoms with van der Waals surface area (Å²) >= 11 is 7.62. The summed E-state index contributed by atoms with van der Waals surface area (Å²) in [5.74, 6) is 1.70. The van der Waals surface area contributed by atoms with E-state index in [0.717, 1.165) is 17.2 Å². The van der Waals surface area contributed by atoms with Crippen molar-refractivity contribution in [3.8, 4) is 0 Å². The van der Waals surface area contributed by atoms with Crippen molar-refractivity contribution in [2.45, 2.75) is 25.8 Å². The average Bonchev–Trinajstić information content (AvgIpc) is 3.07. The maximum atomic E-state index is 5.89. The second kappa shape index (κ2) is 4.42. The third kappa shape index (κ3) is 2.11. The van der Waals surface area contributed by atoms with Crippen LogP contribution in [0.15, 0.2) is 12.4 Å². The number of rotatable bonds is 4. The first-order valence-electron chi connectivity index (χ1n) is 5.83. The molecule has 0 bridgehead atoms. The molecule has 3 nitrogen and oxygen atoms in total. The van der Waals surface area contributed by atoms with Crippen LogP contribution in [0.3, 0.4) is 0 Å². The number of anilines is 1. The van der Waals surface area contributed by atoms with Crippen molar-refractivity contribution in [3.05, 3.63) is 17.3 Å². The highest BCUT2D eigenvalue weighted by atomic mass is 35.5. The van der Waals surface area contributed by atoms with Crippen molar-refractivity contribution in [2.24, 2.45) is 0 Å². The van der Waals surface area contributed by atoms with Crippen LogP contribution in [0.4, 0.5) is 5.82 Å². The van der Waals surface area contributed by atoms with Gasteiger partial charge in [-0.15, -0.1) is 22.9 Å². The molecule has 2 aromatic rings. The van der Waals surface area contributed by atoms with Crippen molar-refractivity contribution < 1.29 is 0 Å². The van der Waals surface area contributed by atoms with E-state index in [0.29, 0.717) is 11.9 Å². The SMILES string of the molecule is Cc1cc2c(N(CCCl)C3CC3)ncnc2s1. The first kappa shape index (κ1) is 11.2. The Morgan fingerprint density at radius 1 is 1.47 bits per heavy atom. The molecule has 0 spiro atoms. The highest BCUT2D eigenvalue weighted by Crippen LogP contribution is 2.36. The van der Waals surface area contributed by atoms with Crippen LogP contribution in [0.25, 0.3) is 10.2 Å². The number of aryl methyl sites for hydroxylation is 1. The van der Waals surface area contributed by atoms with Gasteiger partial charge in [0.1, 0.15) is 17.0 Å². The maximum Gasteiger partial charge on any atom is 0.141 e. The molecule has 3 rings (SSSR count). The quantitative estimate of drug-likeness (QED) is 0.797. The molecule has 0 unspecified atom stereocenters. The van der Waals surface area contributed by atoms with Gasteiger partial charge in [0.15, 0.2) is 0 Å². The molecule has 0 atom stereocenters. The van der Waals surface area contributed by atoms with Gasteiger partial charge < -0.3 is 4.90 Å². The van der Waals surface area contributed by atoms with Gasteiger partial charge in [0.25, 0.3) is 0 Å². The van der Waals surface area contributed by atoms with E-state index < -0.39 is 0 Å². The van der Waals surface area contributed by atoms with Crippen molar-refractivity contribution in [2.75, 3.05) is 17.3 Å². The minimum absolute atomic E-state index is 0.632. The van der Waals surface area contributed by atoms with Gasteiger partial charge in [-0.3, -0.25) is 0 Å². The van der Waals surface area contributed by atoms with Crippen molar-refractivity contribution in [3.63, 3.8) is 0 Å². The fraction of sp³-hybridized carbons (Fsp3) is 0.500. The molecule has 1 aliphatic rings. The summed E-state index contributed by atoms with van der Waals surface area (Å²) in [6, 6.07) is 2.81. The molecule has 0 aliphatic heterocycles. The van der Waals surface area contributed by atoms with Crippen LogP contribution in [-0.2, 0) is 0 Å². The lowest BCUT2D eigenvalue weighted by Gasteiger charge is -2.22. The van der Waals surface area contributed by atoms with E-state index in [4.69, 9.17) is 11.6 Å². The second-order valence-electron chi connectivity index (χ2n) is 4.39. The van der Waals surface area contributed by atoms with Crippen LogP contribution in [0.1, 0.15) is 17.7 Å². The van der Waals surface area contributed by atoms with Crippen LogP contribution in [0.2, 0.25) is 0 Å². The average molecular weight is 268 g/mol. The highest BCUT2D eigenvalue weighted by molar-refractivity contribution is 7.18. The Bertz CT molecular complexity index is 536. The van der Waals surface area contributed by atoms with Gasteiger partial charge in [0.05, 0.1) is 5.39 Å². The third-order valence-electron chi connectivity index (χ3n) is 3.02. The molecule has 0 aromatic carbocycles. The maximum absolute atomic E-state index is 5.89. The third-order valence-corrected chi connectivity index (χ3v) is 4.14. The Morgan fingerprint density at radius 3 is 3.00 bits per heavy atom. The zero-order chi connectivity index (χ0) is 11.8. The number of alkyl halides is 1. The van der Waals surface area contributed by atoms with Crippen LogP contribution >= 0.6 is 22.9 Å². The molecular formula is C12H14ClN3S. The van der Waals surface area contributed by atoms with Crippen molar-refractivity contribution in [1.82, 2.24) is 9.97 Å². The summed E-state index contributed by atoms with van der Waals surface area (Å²) in [5, 5.41) is 1.17. The lowest BCUT2D eigenvalue weighted by atomic mass is 10.3. The Labute approximate surface area is 109 Å². The predicted molar refractivity (Wildman–Crippen MR) is 73.2 cm³/mol. The summed E-state index contributed by atoms with van der Waals surface area (Å²) in [4.78, 5) is 13.5. The van der Waals surface area contributed by atoms with Crippen LogP contribution in [0, 0.1) is 6.92 Å². The summed E-state index contributed by atoms with van der Waals surface area (Å²) in [6.07, 6.45) is 4.17. The van der Waals surface area contributed by atoms with Gasteiger partial charge >= 0.3 is 0 Å². The molecule has 1 saturated carbocycles. The van der Waals surface area contributed by atoms with E-state index in [1.165, 1.54) is 23.1 Å². The van der Waals surface area contributed by atoms with Crippen LogP contribution in [-0.4, -0.2) is 28.4 Å². The van der Waals surface area contributed by atoms with E-state index in [2.05, 4.69) is 27.9 Å². The van der Waals surface area contributed by atoms with E-state index in [-0.39, 0.29) is 0 Å². The largest absolute Gasteiger partial charge is 0.352 e. The summed E-state index contributed by atoms with van der Waals surface area (Å²) < 4.78 is 0. The van der Waals surface area contributed by atoms with Gasteiger partial charge in [0.2, 0.25) is 0 Å². The van der Waals surface area contributed by atoms with Crippen molar-refractivity contribution in [1.29, 1.82) is 0 Å². The Balaban J connectivity index is 2.07. The second-order valence-corrected chi connectivity index (χ2v) is 6.00. The zero-order valence-corrected chi connectivity index (χ0v) is 11.3. The molecule has 1 aliphatic carbocycles. The number of hydrogen-bond donors (Lipinski definition) is 0. The molecule has 90 valence electrons. The number of nitrogens with zero attached hydrogens (tertiary/aromatic N) is 3. The van der Waals surface area contributed by atoms with E-state index in [1.54, 1.807) is 17.7 Å². The first-order valence-corrected chi connectivity index (χ1v) is 7.18. The Kier molecular flexibility index (Phi) is 2.92. The number of fused-ring (bicyclic) bond motifs is 1. The topological polar surface area (TPSA) is 29.0 Å². The summed E-state index contributed by atoms with van der Waals surface area (Å²) in [6.45, 7) is 2.98. The van der Waals surface area contributed by atoms with Crippen LogP contribution in [0.5, 0.6) is 0 Å². The number of aromatic nitrogens is 2. The molecule has 0 radical (unpaired) electrons. The minimum Gasteiger partial charge on any atom is -0.352 e. The van der Waals surface area contributed by atoms with Crippen LogP contribution < -0.4 is 4.90 Å². The number of halogens is 1. The summed E-state index contributed by atoms with van der Waals surface area (Å²) in [5.41, 5.74) is 0. The van der Waals surface area contributed by atoms with E-state index >= 15 is 0 Å². The van der Waals surface area contributed by atoms with Gasteiger partial charge in [-0.05, 0) is 25.8 Å². The standard InChI is InChI=1S/C12H14ClN3S/c1-8-6-10-11(14-7-15-12(10)17-8)16(5-4-13)9-2-3-9/h6-7,9H,2-5H2,1H3. The van der Waals surface area contributed by atoms with Gasteiger partial charge in [0, 0.05) is 23.3 Å². The molecule has 1 fully saturated rings. The number of thiophene rings is 1. The monoisotopic (exact) mass is 267 g/mol. The fourth-order valence-electron chi connectivity index (χ4n) is 2.13. The lowest BCUT2D eigenvalue weighted by Crippen LogP contribution is -2.28. The fourth-order valence-corrected chi connectivity index (χ4v) is 3.15. The predicted octanol–water partition coefficient (Wildman–Crippen LogP) is 3.21. The minimum atomic E-state index is 0.632. The van der Waals surface area contributed by atoms with Crippen molar-refractivity contribution >= 4 is 39.0 Å². The van der Waals surface area contributed by atoms with Gasteiger partial charge in [-0.25, -0.2) is 9.97 Å². The first-order chi connectivity index (χ1) is 8.29. The normalized spacial score (nSPS) is 15.4. The zero-order valence-electron chi connectivity index (χ0n) is 9.69. The van der Waals surface area contributed by atoms with Gasteiger partial charge in [-0.2, -0.15) is 0 Å². The molecule has 0 N–H and O–H groups in total. The molecule has 0 amide bonds. The van der Waals surface area contributed by atoms with E-state index in [9.17, 15) is 0 Å². The molecule has 2 aromatic heterocycles. The Hall–Kier alpha value is -0.870. The molecule has 2 heterocycles.